The van der Waals surface area contributed by atoms with Crippen LogP contribution in [0, 0.1) is 23.2 Å². The highest BCUT2D eigenvalue weighted by Gasteiger charge is 2.50. The fourth-order valence-electron chi connectivity index (χ4n) is 5.22. The zero-order valence-corrected chi connectivity index (χ0v) is 11.8. The molecule has 0 amide bonds. The molecule has 4 bridgehead atoms. The van der Waals surface area contributed by atoms with Gasteiger partial charge in [-0.15, -0.1) is 0 Å². The second-order valence-corrected chi connectivity index (χ2v) is 9.66. The molecule has 0 radical (unpaired) electrons. The van der Waals surface area contributed by atoms with E-state index in [4.69, 9.17) is 10.7 Å². The van der Waals surface area contributed by atoms with Crippen molar-refractivity contribution in [3.63, 3.8) is 0 Å². The van der Waals surface area contributed by atoms with Gasteiger partial charge in [0.05, 0.1) is 5.75 Å². The summed E-state index contributed by atoms with van der Waals surface area (Å²) in [4.78, 5) is 0. The third-order valence-corrected chi connectivity index (χ3v) is 6.50. The first-order chi connectivity index (χ1) is 7.94. The van der Waals surface area contributed by atoms with Crippen LogP contribution in [-0.2, 0) is 9.05 Å². The Morgan fingerprint density at radius 2 is 1.47 bits per heavy atom. The average Bonchev–Trinajstić information content (AvgIpc) is 2.11. The van der Waals surface area contributed by atoms with Gasteiger partial charge >= 0.3 is 0 Å². The highest BCUT2D eigenvalue weighted by molar-refractivity contribution is 8.13. The first kappa shape index (κ1) is 12.3. The van der Waals surface area contributed by atoms with Crippen molar-refractivity contribution in [2.45, 2.75) is 51.4 Å². The second kappa shape index (κ2) is 4.12. The van der Waals surface area contributed by atoms with Crippen LogP contribution >= 0.6 is 10.7 Å². The maximum absolute atomic E-state index is 11.0. The van der Waals surface area contributed by atoms with Gasteiger partial charge in [0.15, 0.2) is 0 Å². The van der Waals surface area contributed by atoms with E-state index in [0.29, 0.717) is 5.41 Å². The van der Waals surface area contributed by atoms with Crippen molar-refractivity contribution in [2.24, 2.45) is 23.2 Å². The summed E-state index contributed by atoms with van der Waals surface area (Å²) in [6, 6.07) is 0. The predicted molar refractivity (Wildman–Crippen MR) is 69.5 cm³/mol. The van der Waals surface area contributed by atoms with E-state index in [-0.39, 0.29) is 5.75 Å². The van der Waals surface area contributed by atoms with Gasteiger partial charge in [0.25, 0.3) is 0 Å². The average molecular weight is 277 g/mol. The summed E-state index contributed by atoms with van der Waals surface area (Å²) >= 11 is 0. The van der Waals surface area contributed by atoms with Crippen LogP contribution in [0.1, 0.15) is 51.4 Å². The molecule has 0 saturated heterocycles. The molecule has 4 fully saturated rings. The minimum absolute atomic E-state index is 0.163. The number of rotatable bonds is 4. The van der Waals surface area contributed by atoms with E-state index in [9.17, 15) is 8.42 Å². The highest BCUT2D eigenvalue weighted by Crippen LogP contribution is 2.61. The molecule has 0 N–H and O–H groups in total. The summed E-state index contributed by atoms with van der Waals surface area (Å²) in [6.07, 6.45) is 10.3. The van der Waals surface area contributed by atoms with Crippen LogP contribution in [0.2, 0.25) is 0 Å². The summed E-state index contributed by atoms with van der Waals surface area (Å²) < 4.78 is 22.0. The Bertz CT molecular complexity index is 366. The Hall–Kier alpha value is 0.240. The van der Waals surface area contributed by atoms with Gasteiger partial charge in [-0.25, -0.2) is 8.42 Å². The third kappa shape index (κ3) is 2.65. The second-order valence-electron chi connectivity index (χ2n) is 6.76. The normalized spacial score (nSPS) is 44.2. The van der Waals surface area contributed by atoms with Crippen LogP contribution in [0.5, 0.6) is 0 Å². The summed E-state index contributed by atoms with van der Waals surface area (Å²) in [6.45, 7) is 0. The standard InChI is InChI=1S/C13H21ClO2S/c14-17(15,16)3-1-2-13-7-10-4-11(8-13)6-12(5-10)9-13/h10-12H,1-9H2. The van der Waals surface area contributed by atoms with Crippen molar-refractivity contribution in [2.75, 3.05) is 5.75 Å². The van der Waals surface area contributed by atoms with Gasteiger partial charge in [-0.05, 0) is 74.5 Å². The molecule has 4 rings (SSSR count). The summed E-state index contributed by atoms with van der Waals surface area (Å²) in [7, 11) is 2.01. The Morgan fingerprint density at radius 3 is 1.88 bits per heavy atom. The lowest BCUT2D eigenvalue weighted by Crippen LogP contribution is -2.46. The smallest absolute Gasteiger partial charge is 0.212 e. The molecule has 4 aliphatic rings. The van der Waals surface area contributed by atoms with Gasteiger partial charge in [0.1, 0.15) is 0 Å². The quantitative estimate of drug-likeness (QED) is 0.736. The summed E-state index contributed by atoms with van der Waals surface area (Å²) in [5, 5.41) is 0. The highest BCUT2D eigenvalue weighted by atomic mass is 35.7. The SMILES string of the molecule is O=S(=O)(Cl)CCCC12CC3CC(CC(C3)C1)C2. The fourth-order valence-corrected chi connectivity index (χ4v) is 6.03. The van der Waals surface area contributed by atoms with Crippen molar-refractivity contribution in [3.8, 4) is 0 Å². The van der Waals surface area contributed by atoms with Crippen LogP contribution in [0.25, 0.3) is 0 Å². The summed E-state index contributed by atoms with van der Waals surface area (Å²) in [5.41, 5.74) is 0.496. The molecule has 4 aliphatic carbocycles. The molecular weight excluding hydrogens is 256 g/mol. The van der Waals surface area contributed by atoms with Gasteiger partial charge in [-0.2, -0.15) is 0 Å². The topological polar surface area (TPSA) is 34.1 Å². The van der Waals surface area contributed by atoms with Crippen molar-refractivity contribution in [1.82, 2.24) is 0 Å². The predicted octanol–water partition coefficient (Wildman–Crippen LogP) is 3.55. The first-order valence-corrected chi connectivity index (χ1v) is 9.34. The van der Waals surface area contributed by atoms with E-state index in [1.165, 1.54) is 38.5 Å². The molecule has 17 heavy (non-hydrogen) atoms. The van der Waals surface area contributed by atoms with Crippen molar-refractivity contribution in [3.05, 3.63) is 0 Å². The molecule has 0 aromatic carbocycles. The van der Waals surface area contributed by atoms with Crippen molar-refractivity contribution in [1.29, 1.82) is 0 Å². The van der Waals surface area contributed by atoms with Gasteiger partial charge in [0.2, 0.25) is 9.05 Å². The zero-order chi connectivity index (χ0) is 12.1. The molecule has 0 atom stereocenters. The van der Waals surface area contributed by atoms with Crippen LogP contribution in [0.3, 0.4) is 0 Å². The maximum Gasteiger partial charge on any atom is 0.232 e. The van der Waals surface area contributed by atoms with Crippen LogP contribution in [0.15, 0.2) is 0 Å². The molecule has 0 spiro atoms. The van der Waals surface area contributed by atoms with Gasteiger partial charge in [0, 0.05) is 10.7 Å². The molecule has 0 aliphatic heterocycles. The third-order valence-electron chi connectivity index (χ3n) is 5.26. The van der Waals surface area contributed by atoms with Gasteiger partial charge in [-0.1, -0.05) is 0 Å². The van der Waals surface area contributed by atoms with E-state index in [2.05, 4.69) is 0 Å². The maximum atomic E-state index is 11.0. The Balaban J connectivity index is 1.62. The van der Waals surface area contributed by atoms with E-state index >= 15 is 0 Å². The molecule has 98 valence electrons. The Labute approximate surface area is 109 Å². The Morgan fingerprint density at radius 1 is 1.00 bits per heavy atom. The Kier molecular flexibility index (Phi) is 2.98. The molecule has 2 nitrogen and oxygen atoms in total. The molecule has 0 unspecified atom stereocenters. The first-order valence-electron chi connectivity index (χ1n) is 6.86. The fraction of sp³-hybridized carbons (Fsp3) is 1.00. The monoisotopic (exact) mass is 276 g/mol. The van der Waals surface area contributed by atoms with Crippen molar-refractivity contribution < 1.29 is 8.42 Å². The van der Waals surface area contributed by atoms with E-state index in [0.717, 1.165) is 30.6 Å². The van der Waals surface area contributed by atoms with E-state index in [1.54, 1.807) is 0 Å². The number of hydrogen-bond acceptors (Lipinski definition) is 2. The lowest BCUT2D eigenvalue weighted by molar-refractivity contribution is -0.0573. The van der Waals surface area contributed by atoms with Crippen molar-refractivity contribution >= 4 is 19.7 Å². The molecule has 0 heterocycles. The van der Waals surface area contributed by atoms with Gasteiger partial charge < -0.3 is 0 Å². The summed E-state index contributed by atoms with van der Waals surface area (Å²) in [5.74, 6) is 3.02. The molecule has 0 aromatic heterocycles. The molecule has 0 aromatic rings. The minimum atomic E-state index is -3.29. The lowest BCUT2D eigenvalue weighted by atomic mass is 9.49. The van der Waals surface area contributed by atoms with Crippen LogP contribution < -0.4 is 0 Å². The van der Waals surface area contributed by atoms with Crippen LogP contribution in [0.4, 0.5) is 0 Å². The van der Waals surface area contributed by atoms with E-state index < -0.39 is 9.05 Å². The van der Waals surface area contributed by atoms with Gasteiger partial charge in [-0.3, -0.25) is 0 Å². The van der Waals surface area contributed by atoms with E-state index in [1.807, 2.05) is 0 Å². The largest absolute Gasteiger partial charge is 0.232 e. The zero-order valence-electron chi connectivity index (χ0n) is 10.2. The van der Waals surface area contributed by atoms with Crippen LogP contribution in [-0.4, -0.2) is 14.2 Å². The molecule has 4 saturated carbocycles. The minimum Gasteiger partial charge on any atom is -0.212 e. The number of halogens is 1. The lowest BCUT2D eigenvalue weighted by Gasteiger charge is -2.57. The number of hydrogen-bond donors (Lipinski definition) is 0. The molecule has 4 heteroatoms. The molecular formula is C13H21ClO2S.